The molecule has 0 fully saturated rings. The monoisotopic (exact) mass is 181 g/mol. The van der Waals surface area contributed by atoms with E-state index < -0.39 is 0 Å². The Kier molecular flexibility index (Phi) is 3.19. The summed E-state index contributed by atoms with van der Waals surface area (Å²) in [6.07, 6.45) is 1.64. The smallest absolute Gasteiger partial charge is 0.131 e. The topological polar surface area (TPSA) is 61.0 Å². The standard InChI is InChI=1S/C9H15N3O/c1-6(2)9-11-4-7(10)8(12-9)5-13-3/h4,6H,5,10H2,1-3H3. The number of rotatable bonds is 3. The minimum Gasteiger partial charge on any atom is -0.396 e. The maximum absolute atomic E-state index is 5.67. The third kappa shape index (κ3) is 2.39. The molecule has 0 unspecified atom stereocenters. The first kappa shape index (κ1) is 9.92. The summed E-state index contributed by atoms with van der Waals surface area (Å²) in [5.74, 6) is 1.12. The van der Waals surface area contributed by atoms with Gasteiger partial charge in [0.05, 0.1) is 24.2 Å². The van der Waals surface area contributed by atoms with Crippen LogP contribution in [0.15, 0.2) is 6.20 Å². The van der Waals surface area contributed by atoms with E-state index in [0.717, 1.165) is 11.5 Å². The first-order valence-electron chi connectivity index (χ1n) is 4.25. The normalized spacial score (nSPS) is 10.8. The van der Waals surface area contributed by atoms with E-state index in [0.29, 0.717) is 18.2 Å². The number of nitrogens with two attached hydrogens (primary N) is 1. The maximum Gasteiger partial charge on any atom is 0.131 e. The van der Waals surface area contributed by atoms with Crippen molar-refractivity contribution >= 4 is 5.69 Å². The number of aromatic nitrogens is 2. The Labute approximate surface area is 78.1 Å². The molecule has 0 aliphatic carbocycles. The highest BCUT2D eigenvalue weighted by molar-refractivity contribution is 5.39. The van der Waals surface area contributed by atoms with E-state index in [2.05, 4.69) is 9.97 Å². The Balaban J connectivity index is 2.97. The first-order chi connectivity index (χ1) is 6.15. The summed E-state index contributed by atoms with van der Waals surface area (Å²) in [7, 11) is 1.62. The molecular formula is C9H15N3O. The van der Waals surface area contributed by atoms with Crippen molar-refractivity contribution in [1.82, 2.24) is 9.97 Å². The fourth-order valence-corrected chi connectivity index (χ4v) is 0.972. The van der Waals surface area contributed by atoms with Crippen molar-refractivity contribution in [3.05, 3.63) is 17.7 Å². The predicted molar refractivity (Wildman–Crippen MR) is 51.2 cm³/mol. The predicted octanol–water partition coefficient (Wildman–Crippen LogP) is 1.33. The van der Waals surface area contributed by atoms with Gasteiger partial charge in [-0.3, -0.25) is 0 Å². The van der Waals surface area contributed by atoms with Gasteiger partial charge >= 0.3 is 0 Å². The summed E-state index contributed by atoms with van der Waals surface area (Å²) < 4.78 is 4.97. The molecule has 0 amide bonds. The second kappa shape index (κ2) is 4.18. The zero-order valence-electron chi connectivity index (χ0n) is 8.24. The third-order valence-corrected chi connectivity index (χ3v) is 1.72. The lowest BCUT2D eigenvalue weighted by atomic mass is 10.2. The van der Waals surface area contributed by atoms with Crippen molar-refractivity contribution in [3.63, 3.8) is 0 Å². The lowest BCUT2D eigenvalue weighted by molar-refractivity contribution is 0.181. The van der Waals surface area contributed by atoms with E-state index in [1.54, 1.807) is 13.3 Å². The molecule has 0 aromatic carbocycles. The van der Waals surface area contributed by atoms with Crippen molar-refractivity contribution < 1.29 is 4.74 Å². The van der Waals surface area contributed by atoms with Crippen LogP contribution in [0.3, 0.4) is 0 Å². The molecule has 4 nitrogen and oxygen atoms in total. The number of anilines is 1. The molecule has 0 aliphatic rings. The molecule has 0 radical (unpaired) electrons. The van der Waals surface area contributed by atoms with Crippen LogP contribution in [0.1, 0.15) is 31.3 Å². The van der Waals surface area contributed by atoms with Gasteiger partial charge in [0.15, 0.2) is 0 Å². The first-order valence-corrected chi connectivity index (χ1v) is 4.25. The fourth-order valence-electron chi connectivity index (χ4n) is 0.972. The van der Waals surface area contributed by atoms with Crippen LogP contribution < -0.4 is 5.73 Å². The van der Waals surface area contributed by atoms with E-state index in [4.69, 9.17) is 10.5 Å². The second-order valence-corrected chi connectivity index (χ2v) is 3.22. The van der Waals surface area contributed by atoms with E-state index in [1.165, 1.54) is 0 Å². The summed E-state index contributed by atoms with van der Waals surface area (Å²) in [5.41, 5.74) is 7.02. The fraction of sp³-hybridized carbons (Fsp3) is 0.556. The number of ether oxygens (including phenoxy) is 1. The second-order valence-electron chi connectivity index (χ2n) is 3.22. The van der Waals surface area contributed by atoms with Gasteiger partial charge in [0.1, 0.15) is 5.82 Å². The zero-order chi connectivity index (χ0) is 9.84. The summed E-state index contributed by atoms with van der Waals surface area (Å²) in [4.78, 5) is 8.43. The Morgan fingerprint density at radius 1 is 1.54 bits per heavy atom. The average molecular weight is 181 g/mol. The minimum atomic E-state index is 0.316. The Bertz CT molecular complexity index is 286. The van der Waals surface area contributed by atoms with Gasteiger partial charge in [-0.05, 0) is 0 Å². The van der Waals surface area contributed by atoms with Gasteiger partial charge < -0.3 is 10.5 Å². The molecule has 13 heavy (non-hydrogen) atoms. The van der Waals surface area contributed by atoms with Gasteiger partial charge in [-0.1, -0.05) is 13.8 Å². The number of nitrogens with zero attached hydrogens (tertiary/aromatic N) is 2. The molecular weight excluding hydrogens is 166 g/mol. The van der Waals surface area contributed by atoms with Crippen molar-refractivity contribution in [2.45, 2.75) is 26.4 Å². The van der Waals surface area contributed by atoms with Crippen LogP contribution in [0, 0.1) is 0 Å². The van der Waals surface area contributed by atoms with Crippen LogP contribution in [0.5, 0.6) is 0 Å². The van der Waals surface area contributed by atoms with Crippen molar-refractivity contribution in [1.29, 1.82) is 0 Å². The SMILES string of the molecule is COCc1nc(C(C)C)ncc1N. The minimum absolute atomic E-state index is 0.316. The molecule has 0 bridgehead atoms. The largest absolute Gasteiger partial charge is 0.396 e. The highest BCUT2D eigenvalue weighted by Gasteiger charge is 2.06. The van der Waals surface area contributed by atoms with Crippen LogP contribution in [0.4, 0.5) is 5.69 Å². The van der Waals surface area contributed by atoms with Gasteiger partial charge in [0.25, 0.3) is 0 Å². The molecule has 4 heteroatoms. The average Bonchev–Trinajstić information content (AvgIpc) is 2.08. The molecule has 2 N–H and O–H groups in total. The lowest BCUT2D eigenvalue weighted by Crippen LogP contribution is -2.05. The van der Waals surface area contributed by atoms with E-state index in [9.17, 15) is 0 Å². The van der Waals surface area contributed by atoms with Gasteiger partial charge in [-0.2, -0.15) is 0 Å². The van der Waals surface area contributed by atoms with Gasteiger partial charge in [0, 0.05) is 13.0 Å². The van der Waals surface area contributed by atoms with Crippen molar-refractivity contribution in [2.24, 2.45) is 0 Å². The summed E-state index contributed by atoms with van der Waals surface area (Å²) in [6.45, 7) is 4.53. The van der Waals surface area contributed by atoms with E-state index in [-0.39, 0.29) is 0 Å². The third-order valence-electron chi connectivity index (χ3n) is 1.72. The van der Waals surface area contributed by atoms with E-state index in [1.807, 2.05) is 13.8 Å². The number of hydrogen-bond donors (Lipinski definition) is 1. The zero-order valence-corrected chi connectivity index (χ0v) is 8.24. The molecule has 72 valence electrons. The quantitative estimate of drug-likeness (QED) is 0.764. The Morgan fingerprint density at radius 2 is 2.23 bits per heavy atom. The Hall–Kier alpha value is -1.16. The summed E-state index contributed by atoms with van der Waals surface area (Å²) in [5, 5.41) is 0. The Morgan fingerprint density at radius 3 is 2.77 bits per heavy atom. The van der Waals surface area contributed by atoms with Crippen LogP contribution in [0.2, 0.25) is 0 Å². The van der Waals surface area contributed by atoms with Crippen molar-refractivity contribution in [3.8, 4) is 0 Å². The summed E-state index contributed by atoms with van der Waals surface area (Å²) in [6, 6.07) is 0. The maximum atomic E-state index is 5.67. The highest BCUT2D eigenvalue weighted by Crippen LogP contribution is 2.13. The summed E-state index contributed by atoms with van der Waals surface area (Å²) >= 11 is 0. The van der Waals surface area contributed by atoms with Gasteiger partial charge in [-0.25, -0.2) is 9.97 Å². The molecule has 0 saturated heterocycles. The molecule has 1 rings (SSSR count). The molecule has 0 saturated carbocycles. The number of hydrogen-bond acceptors (Lipinski definition) is 4. The van der Waals surface area contributed by atoms with Gasteiger partial charge in [-0.15, -0.1) is 0 Å². The van der Waals surface area contributed by atoms with E-state index >= 15 is 0 Å². The number of nitrogen functional groups attached to an aromatic ring is 1. The lowest BCUT2D eigenvalue weighted by Gasteiger charge is -2.07. The van der Waals surface area contributed by atoms with Crippen LogP contribution in [0.25, 0.3) is 0 Å². The van der Waals surface area contributed by atoms with Crippen LogP contribution >= 0.6 is 0 Å². The molecule has 0 aliphatic heterocycles. The van der Waals surface area contributed by atoms with Gasteiger partial charge in [0.2, 0.25) is 0 Å². The highest BCUT2D eigenvalue weighted by atomic mass is 16.5. The molecule has 0 spiro atoms. The number of methoxy groups -OCH3 is 1. The molecule has 0 atom stereocenters. The molecule has 1 heterocycles. The molecule has 1 aromatic heterocycles. The van der Waals surface area contributed by atoms with Crippen LogP contribution in [-0.4, -0.2) is 17.1 Å². The van der Waals surface area contributed by atoms with Crippen molar-refractivity contribution in [2.75, 3.05) is 12.8 Å². The van der Waals surface area contributed by atoms with Crippen LogP contribution in [-0.2, 0) is 11.3 Å². The molecule has 1 aromatic rings.